The normalized spacial score (nSPS) is 22.6. The molecule has 7 heteroatoms. The lowest BCUT2D eigenvalue weighted by atomic mass is 10.2. The van der Waals surface area contributed by atoms with Crippen molar-refractivity contribution in [2.75, 3.05) is 13.1 Å². The van der Waals surface area contributed by atoms with E-state index in [2.05, 4.69) is 0 Å². The molecule has 1 aliphatic heterocycles. The number of amides is 1. The van der Waals surface area contributed by atoms with Gasteiger partial charge in [-0.3, -0.25) is 4.79 Å². The van der Waals surface area contributed by atoms with Crippen molar-refractivity contribution < 1.29 is 19.1 Å². The molecule has 2 rings (SSSR count). The molecule has 1 heterocycles. The Labute approximate surface area is 145 Å². The van der Waals surface area contributed by atoms with Crippen LogP contribution in [0.15, 0.2) is 18.2 Å². The number of carbonyl (C=O) groups excluding carboxylic acids is 2. The highest BCUT2D eigenvalue weighted by atomic mass is 35.5. The highest BCUT2D eigenvalue weighted by molar-refractivity contribution is 6.43. The van der Waals surface area contributed by atoms with Gasteiger partial charge in [0, 0.05) is 13.1 Å². The molecule has 0 aromatic heterocycles. The van der Waals surface area contributed by atoms with Gasteiger partial charge in [0.05, 0.1) is 27.8 Å². The van der Waals surface area contributed by atoms with Gasteiger partial charge in [-0.15, -0.1) is 0 Å². The van der Waals surface area contributed by atoms with Crippen molar-refractivity contribution >= 4 is 35.1 Å². The predicted molar refractivity (Wildman–Crippen MR) is 87.9 cm³/mol. The Morgan fingerprint density at radius 3 is 2.48 bits per heavy atom. The van der Waals surface area contributed by atoms with E-state index in [1.54, 1.807) is 24.0 Å². The van der Waals surface area contributed by atoms with E-state index in [1.165, 1.54) is 6.07 Å². The minimum Gasteiger partial charge on any atom is -0.449 e. The smallest absolute Gasteiger partial charge is 0.340 e. The SMILES string of the molecule is CC1CN(C(=O)C(C)OC(=O)c2cccc(Cl)c2Cl)CC(C)O1. The zero-order valence-electron chi connectivity index (χ0n) is 13.2. The highest BCUT2D eigenvalue weighted by Crippen LogP contribution is 2.26. The van der Waals surface area contributed by atoms with Crippen LogP contribution in [0, 0.1) is 0 Å². The Hall–Kier alpha value is -1.30. The van der Waals surface area contributed by atoms with Crippen molar-refractivity contribution in [1.29, 1.82) is 0 Å². The number of esters is 1. The van der Waals surface area contributed by atoms with Gasteiger partial charge < -0.3 is 14.4 Å². The molecule has 0 saturated carbocycles. The topological polar surface area (TPSA) is 55.8 Å². The van der Waals surface area contributed by atoms with Crippen LogP contribution in [0.4, 0.5) is 0 Å². The van der Waals surface area contributed by atoms with Crippen LogP contribution in [-0.4, -0.2) is 48.2 Å². The van der Waals surface area contributed by atoms with Crippen molar-refractivity contribution in [1.82, 2.24) is 4.90 Å². The van der Waals surface area contributed by atoms with E-state index in [9.17, 15) is 9.59 Å². The molecule has 0 radical (unpaired) electrons. The summed E-state index contributed by atoms with van der Waals surface area (Å²) in [6.07, 6.45) is -1.00. The molecule has 1 fully saturated rings. The van der Waals surface area contributed by atoms with Crippen LogP contribution < -0.4 is 0 Å². The summed E-state index contributed by atoms with van der Waals surface area (Å²) in [5.74, 6) is -0.925. The molecular formula is C16H19Cl2NO4. The van der Waals surface area contributed by atoms with Crippen molar-refractivity contribution in [3.63, 3.8) is 0 Å². The minimum absolute atomic E-state index is 0.0482. The van der Waals surface area contributed by atoms with Gasteiger partial charge in [-0.2, -0.15) is 0 Å². The molecule has 1 aliphatic rings. The second kappa shape index (κ2) is 7.51. The number of benzene rings is 1. The van der Waals surface area contributed by atoms with E-state index in [-0.39, 0.29) is 33.7 Å². The largest absolute Gasteiger partial charge is 0.449 e. The van der Waals surface area contributed by atoms with Crippen molar-refractivity contribution in [3.8, 4) is 0 Å². The molecule has 0 bridgehead atoms. The number of nitrogens with zero attached hydrogens (tertiary/aromatic N) is 1. The fourth-order valence-electron chi connectivity index (χ4n) is 2.55. The zero-order valence-corrected chi connectivity index (χ0v) is 14.7. The summed E-state index contributed by atoms with van der Waals surface area (Å²) in [5, 5.41) is 0.378. The molecule has 1 aromatic rings. The molecule has 3 atom stereocenters. The van der Waals surface area contributed by atoms with Gasteiger partial charge in [0.1, 0.15) is 0 Å². The van der Waals surface area contributed by atoms with E-state index in [0.29, 0.717) is 13.1 Å². The molecule has 0 N–H and O–H groups in total. The second-order valence-electron chi connectivity index (χ2n) is 5.65. The van der Waals surface area contributed by atoms with Gasteiger partial charge in [-0.1, -0.05) is 29.3 Å². The monoisotopic (exact) mass is 359 g/mol. The standard InChI is InChI=1S/C16H19Cl2NO4/c1-9-7-19(8-10(2)22-9)15(20)11(3)23-16(21)12-5-4-6-13(17)14(12)18/h4-6,9-11H,7-8H2,1-3H3. The number of carbonyl (C=O) groups is 2. The summed E-state index contributed by atoms with van der Waals surface area (Å²) in [6, 6.07) is 4.68. The van der Waals surface area contributed by atoms with Crippen LogP contribution in [0.25, 0.3) is 0 Å². The average Bonchev–Trinajstić information content (AvgIpc) is 2.48. The van der Waals surface area contributed by atoms with Gasteiger partial charge in [0.15, 0.2) is 6.10 Å². The van der Waals surface area contributed by atoms with Gasteiger partial charge >= 0.3 is 5.97 Å². The quantitative estimate of drug-likeness (QED) is 0.777. The third kappa shape index (κ3) is 4.37. The van der Waals surface area contributed by atoms with Crippen LogP contribution in [-0.2, 0) is 14.3 Å². The number of halogens is 2. The van der Waals surface area contributed by atoms with Crippen LogP contribution >= 0.6 is 23.2 Å². The first-order chi connectivity index (χ1) is 10.8. The number of ether oxygens (including phenoxy) is 2. The van der Waals surface area contributed by atoms with Gasteiger partial charge in [0.25, 0.3) is 5.91 Å². The van der Waals surface area contributed by atoms with Crippen molar-refractivity contribution in [2.24, 2.45) is 0 Å². The first-order valence-corrected chi connectivity index (χ1v) is 8.14. The molecule has 126 valence electrons. The summed E-state index contributed by atoms with van der Waals surface area (Å²) >= 11 is 11.9. The summed E-state index contributed by atoms with van der Waals surface area (Å²) in [4.78, 5) is 26.3. The molecule has 1 amide bonds. The number of rotatable bonds is 3. The van der Waals surface area contributed by atoms with Crippen LogP contribution in [0.3, 0.4) is 0 Å². The zero-order chi connectivity index (χ0) is 17.1. The Balaban J connectivity index is 2.03. The van der Waals surface area contributed by atoms with Gasteiger partial charge in [-0.25, -0.2) is 4.79 Å². The first-order valence-electron chi connectivity index (χ1n) is 7.38. The minimum atomic E-state index is -0.907. The molecule has 5 nitrogen and oxygen atoms in total. The second-order valence-corrected chi connectivity index (χ2v) is 6.43. The Morgan fingerprint density at radius 2 is 1.87 bits per heavy atom. The summed E-state index contributed by atoms with van der Waals surface area (Å²) in [5.41, 5.74) is 0.141. The fraction of sp³-hybridized carbons (Fsp3) is 0.500. The van der Waals surface area contributed by atoms with Gasteiger partial charge in [0.2, 0.25) is 0 Å². The number of morpholine rings is 1. The molecular weight excluding hydrogens is 341 g/mol. The lowest BCUT2D eigenvalue weighted by molar-refractivity contribution is -0.151. The van der Waals surface area contributed by atoms with Crippen molar-refractivity contribution in [2.45, 2.75) is 39.1 Å². The number of hydrogen-bond donors (Lipinski definition) is 0. The average molecular weight is 360 g/mol. The molecule has 0 spiro atoms. The Kier molecular flexibility index (Phi) is 5.89. The Bertz CT molecular complexity index is 598. The lowest BCUT2D eigenvalue weighted by Crippen LogP contribution is -2.51. The fourth-order valence-corrected chi connectivity index (χ4v) is 2.93. The van der Waals surface area contributed by atoms with E-state index >= 15 is 0 Å². The van der Waals surface area contributed by atoms with Crippen LogP contribution in [0.2, 0.25) is 10.0 Å². The van der Waals surface area contributed by atoms with Crippen LogP contribution in [0.5, 0.6) is 0 Å². The molecule has 23 heavy (non-hydrogen) atoms. The molecule has 0 aliphatic carbocycles. The third-order valence-electron chi connectivity index (χ3n) is 3.53. The van der Waals surface area contributed by atoms with E-state index in [4.69, 9.17) is 32.7 Å². The molecule has 1 aromatic carbocycles. The van der Waals surface area contributed by atoms with E-state index in [1.807, 2.05) is 13.8 Å². The maximum Gasteiger partial charge on any atom is 0.340 e. The Morgan fingerprint density at radius 1 is 1.26 bits per heavy atom. The van der Waals surface area contributed by atoms with E-state index in [0.717, 1.165) is 0 Å². The molecule has 1 saturated heterocycles. The third-order valence-corrected chi connectivity index (χ3v) is 4.35. The molecule has 3 unspecified atom stereocenters. The lowest BCUT2D eigenvalue weighted by Gasteiger charge is -2.36. The summed E-state index contributed by atoms with van der Waals surface area (Å²) < 4.78 is 10.8. The predicted octanol–water partition coefficient (Wildman–Crippen LogP) is 3.17. The maximum atomic E-state index is 12.4. The number of hydrogen-bond acceptors (Lipinski definition) is 4. The van der Waals surface area contributed by atoms with E-state index < -0.39 is 12.1 Å². The summed E-state index contributed by atoms with van der Waals surface area (Å²) in [6.45, 7) is 6.30. The van der Waals surface area contributed by atoms with Crippen LogP contribution in [0.1, 0.15) is 31.1 Å². The van der Waals surface area contributed by atoms with Crippen molar-refractivity contribution in [3.05, 3.63) is 33.8 Å². The van der Waals surface area contributed by atoms with Gasteiger partial charge in [-0.05, 0) is 32.9 Å². The summed E-state index contributed by atoms with van der Waals surface area (Å²) in [7, 11) is 0. The highest BCUT2D eigenvalue weighted by Gasteiger charge is 2.30. The first kappa shape index (κ1) is 18.0. The maximum absolute atomic E-state index is 12.4.